The fraction of sp³-hybridized carbons (Fsp3) is 0.450. The Morgan fingerprint density at radius 3 is 2.32 bits per heavy atom. The van der Waals surface area contributed by atoms with Crippen LogP contribution in [-0.2, 0) is 14.9 Å². The molecule has 0 radical (unpaired) electrons. The predicted molar refractivity (Wildman–Crippen MR) is 113 cm³/mol. The topological polar surface area (TPSA) is 89.9 Å². The summed E-state index contributed by atoms with van der Waals surface area (Å²) in [5, 5.41) is 2.91. The van der Waals surface area contributed by atoms with Gasteiger partial charge in [0.05, 0.1) is 0 Å². The zero-order valence-corrected chi connectivity index (χ0v) is 18.7. The average molecular weight is 481 g/mol. The maximum Gasteiger partial charge on any atom is 0.522 e. The van der Waals surface area contributed by atoms with E-state index in [9.17, 15) is 18.0 Å². The third-order valence-electron chi connectivity index (χ3n) is 4.05. The van der Waals surface area contributed by atoms with Crippen molar-refractivity contribution < 1.29 is 40.4 Å². The Morgan fingerprint density at radius 1 is 1.16 bits per heavy atom. The highest BCUT2D eigenvalue weighted by Gasteiger charge is 2.44. The van der Waals surface area contributed by atoms with Crippen LogP contribution in [0.25, 0.3) is 10.8 Å². The van der Waals surface area contributed by atoms with Gasteiger partial charge in [0, 0.05) is 5.25 Å². The summed E-state index contributed by atoms with van der Waals surface area (Å²) in [5.41, 5.74) is -4.71. The van der Waals surface area contributed by atoms with E-state index >= 15 is 0 Å². The predicted octanol–water partition coefficient (Wildman–Crippen LogP) is 6.12. The zero-order valence-electron chi connectivity index (χ0n) is 17.1. The van der Waals surface area contributed by atoms with Crippen LogP contribution < -0.4 is 4.74 Å². The van der Waals surface area contributed by atoms with Crippen molar-refractivity contribution in [2.24, 2.45) is 0 Å². The number of carbonyl (C=O) groups is 1. The van der Waals surface area contributed by atoms with Gasteiger partial charge in [0.15, 0.2) is 0 Å². The largest absolute Gasteiger partial charge is 0.522 e. The maximum absolute atomic E-state index is 11.8. The number of halogens is 3. The molecule has 0 saturated carbocycles. The highest BCUT2D eigenvalue weighted by atomic mass is 32.2. The molecule has 1 N–H and O–H groups in total. The normalized spacial score (nSPS) is 17.1. The molecule has 2 aromatic rings. The van der Waals surface area contributed by atoms with E-state index < -0.39 is 27.4 Å². The Labute approximate surface area is 182 Å². The molecule has 1 aliphatic rings. The van der Waals surface area contributed by atoms with Crippen molar-refractivity contribution in [2.75, 3.05) is 5.75 Å². The van der Waals surface area contributed by atoms with Gasteiger partial charge in [0.1, 0.15) is 11.4 Å². The van der Waals surface area contributed by atoms with Crippen LogP contribution in [-0.4, -0.2) is 36.0 Å². The summed E-state index contributed by atoms with van der Waals surface area (Å²) in [4.78, 5) is 11.8. The van der Waals surface area contributed by atoms with E-state index in [0.29, 0.717) is 11.0 Å². The molecule has 11 heteroatoms. The molecule has 31 heavy (non-hydrogen) atoms. The molecular weight excluding hydrogens is 457 g/mol. The first kappa shape index (κ1) is 25.3. The molecule has 6 nitrogen and oxygen atoms in total. The van der Waals surface area contributed by atoms with E-state index in [-0.39, 0.29) is 0 Å². The molecule has 0 spiro atoms. The molecule has 3 rings (SSSR count). The van der Waals surface area contributed by atoms with Crippen LogP contribution in [0.5, 0.6) is 5.75 Å². The molecular formula is C20H23F3O6S2. The summed E-state index contributed by atoms with van der Waals surface area (Å²) < 4.78 is 68.0. The molecule has 1 saturated heterocycles. The number of alkyl halides is 3. The molecule has 0 bridgehead atoms. The minimum atomic E-state index is -5.84. The Bertz CT molecular complexity index is 1020. The van der Waals surface area contributed by atoms with Crippen molar-refractivity contribution in [1.29, 1.82) is 0 Å². The van der Waals surface area contributed by atoms with Crippen molar-refractivity contribution in [3.63, 3.8) is 0 Å². The molecule has 2 aromatic carbocycles. The number of rotatable bonds is 2. The van der Waals surface area contributed by atoms with Crippen LogP contribution in [0, 0.1) is 0 Å². The quantitative estimate of drug-likeness (QED) is 0.240. The first-order valence-corrected chi connectivity index (χ1v) is 11.7. The lowest BCUT2D eigenvalue weighted by atomic mass is 10.00. The summed E-state index contributed by atoms with van der Waals surface area (Å²) >= 11 is 2.03. The summed E-state index contributed by atoms with van der Waals surface area (Å²) in [6.45, 7) is 5.46. The molecule has 1 atom stereocenters. The van der Waals surface area contributed by atoms with Crippen LogP contribution in [0.15, 0.2) is 36.4 Å². The summed E-state index contributed by atoms with van der Waals surface area (Å²) in [6.07, 6.45) is 1.85. The van der Waals surface area contributed by atoms with Crippen molar-refractivity contribution >= 4 is 38.8 Å². The van der Waals surface area contributed by atoms with E-state index in [0.717, 1.165) is 5.39 Å². The number of hydrogen-bond donors (Lipinski definition) is 1. The third-order valence-corrected chi connectivity index (χ3v) is 6.05. The third kappa shape index (κ3) is 7.58. The van der Waals surface area contributed by atoms with E-state index in [1.54, 1.807) is 0 Å². The first-order chi connectivity index (χ1) is 14.2. The lowest BCUT2D eigenvalue weighted by molar-refractivity contribution is -0.0510. The summed E-state index contributed by atoms with van der Waals surface area (Å²) in [6, 6.07) is 12.1. The second kappa shape index (κ2) is 9.66. The Hall–Kier alpha value is -1.98. The highest BCUT2D eigenvalue weighted by Crippen LogP contribution is 2.42. The molecule has 1 unspecified atom stereocenters. The minimum absolute atomic E-state index is 0.517. The van der Waals surface area contributed by atoms with Crippen LogP contribution in [0.2, 0.25) is 0 Å². The van der Waals surface area contributed by atoms with Crippen LogP contribution in [0.1, 0.15) is 44.4 Å². The van der Waals surface area contributed by atoms with E-state index in [4.69, 9.17) is 22.4 Å². The Kier molecular flexibility index (Phi) is 7.88. The van der Waals surface area contributed by atoms with E-state index in [2.05, 4.69) is 18.2 Å². The number of thioether (sulfide) groups is 1. The first-order valence-electron chi connectivity index (χ1n) is 9.26. The second-order valence-corrected chi connectivity index (χ2v) is 10.4. The standard InChI is InChI=1S/C19H22O3S.CHF3O3S/c1-19(2,3)22-18(20)21-14-9-10-15-13(12-14)6-4-7-16(15)17-8-5-11-23-17;2-1(3,4)8(5,6)7/h4,6-7,9-10,12,17H,5,8,11H2,1-3H3;(H,5,6,7). The molecule has 0 amide bonds. The zero-order chi connectivity index (χ0) is 23.4. The van der Waals surface area contributed by atoms with Crippen LogP contribution in [0.3, 0.4) is 0 Å². The van der Waals surface area contributed by atoms with E-state index in [1.165, 1.54) is 29.5 Å². The average Bonchev–Trinajstić information content (AvgIpc) is 3.12. The van der Waals surface area contributed by atoms with Gasteiger partial charge < -0.3 is 9.47 Å². The minimum Gasteiger partial charge on any atom is -0.428 e. The molecule has 1 fully saturated rings. The number of carbonyl (C=O) groups excluding carboxylic acids is 1. The van der Waals surface area contributed by atoms with Gasteiger partial charge in [-0.2, -0.15) is 33.4 Å². The molecule has 1 heterocycles. The Balaban J connectivity index is 0.000000366. The fourth-order valence-corrected chi connectivity index (χ4v) is 4.16. The van der Waals surface area contributed by atoms with Crippen molar-refractivity contribution in [2.45, 2.75) is 50.0 Å². The maximum atomic E-state index is 11.8. The summed E-state index contributed by atoms with van der Waals surface area (Å²) in [5.74, 6) is 1.75. The fourth-order valence-electron chi connectivity index (χ4n) is 2.82. The lowest BCUT2D eigenvalue weighted by Crippen LogP contribution is -2.25. The Morgan fingerprint density at radius 2 is 1.81 bits per heavy atom. The van der Waals surface area contributed by atoms with Gasteiger partial charge in [0.2, 0.25) is 0 Å². The smallest absolute Gasteiger partial charge is 0.428 e. The van der Waals surface area contributed by atoms with Gasteiger partial charge in [-0.15, -0.1) is 0 Å². The van der Waals surface area contributed by atoms with Crippen molar-refractivity contribution in [3.8, 4) is 5.75 Å². The van der Waals surface area contributed by atoms with Gasteiger partial charge in [-0.1, -0.05) is 24.3 Å². The lowest BCUT2D eigenvalue weighted by Gasteiger charge is -2.19. The van der Waals surface area contributed by atoms with Gasteiger partial charge >= 0.3 is 21.8 Å². The second-order valence-electron chi connectivity index (χ2n) is 7.72. The van der Waals surface area contributed by atoms with Gasteiger partial charge in [-0.3, -0.25) is 4.55 Å². The van der Waals surface area contributed by atoms with Crippen molar-refractivity contribution in [1.82, 2.24) is 0 Å². The van der Waals surface area contributed by atoms with Gasteiger partial charge in [-0.25, -0.2) is 4.79 Å². The molecule has 172 valence electrons. The highest BCUT2D eigenvalue weighted by molar-refractivity contribution is 7.99. The van der Waals surface area contributed by atoms with Gasteiger partial charge in [0.25, 0.3) is 0 Å². The molecule has 1 aliphatic heterocycles. The molecule has 0 aliphatic carbocycles. The SMILES string of the molecule is CC(C)(C)OC(=O)Oc1ccc2c(C3CCCS3)cccc2c1.O=S(=O)(O)C(F)(F)F. The van der Waals surface area contributed by atoms with Crippen LogP contribution >= 0.6 is 11.8 Å². The summed E-state index contributed by atoms with van der Waals surface area (Å²) in [7, 11) is -5.84. The number of hydrogen-bond acceptors (Lipinski definition) is 6. The van der Waals surface area contributed by atoms with Crippen LogP contribution in [0.4, 0.5) is 18.0 Å². The number of ether oxygens (including phenoxy) is 2. The van der Waals surface area contributed by atoms with Gasteiger partial charge in [-0.05, 0) is 67.8 Å². The monoisotopic (exact) mass is 480 g/mol. The van der Waals surface area contributed by atoms with Crippen molar-refractivity contribution in [3.05, 3.63) is 42.0 Å². The molecule has 0 aromatic heterocycles. The number of benzene rings is 2. The van der Waals surface area contributed by atoms with E-state index in [1.807, 2.05) is 50.7 Å². The number of fused-ring (bicyclic) bond motifs is 1.